The Labute approximate surface area is 230 Å². The lowest BCUT2D eigenvalue weighted by Gasteiger charge is -2.35. The molecule has 1 fully saturated rings. The number of hydrogen-bond acceptors (Lipinski definition) is 6. The highest BCUT2D eigenvalue weighted by molar-refractivity contribution is 5.93. The van der Waals surface area contributed by atoms with Crippen LogP contribution in [0.5, 0.6) is 11.5 Å². The van der Waals surface area contributed by atoms with Gasteiger partial charge in [0.15, 0.2) is 0 Å². The van der Waals surface area contributed by atoms with Gasteiger partial charge in [0.25, 0.3) is 0 Å². The lowest BCUT2D eigenvalue weighted by Crippen LogP contribution is -2.54. The maximum absolute atomic E-state index is 14.3. The Morgan fingerprint density at radius 1 is 1.08 bits per heavy atom. The van der Waals surface area contributed by atoms with Crippen molar-refractivity contribution in [2.75, 3.05) is 6.54 Å². The molecule has 4 unspecified atom stereocenters. The lowest BCUT2D eigenvalue weighted by atomic mass is 9.99. The molecule has 0 bridgehead atoms. The number of alkyl carbamates (subject to hydrolysis) is 1. The predicted molar refractivity (Wildman–Crippen MR) is 148 cm³/mol. The Morgan fingerprint density at radius 3 is 2.28 bits per heavy atom. The fourth-order valence-electron chi connectivity index (χ4n) is 4.49. The van der Waals surface area contributed by atoms with E-state index in [4.69, 9.17) is 4.74 Å². The van der Waals surface area contributed by atoms with Crippen LogP contribution in [0.15, 0.2) is 48.5 Å². The van der Waals surface area contributed by atoms with Crippen LogP contribution in [-0.4, -0.2) is 57.3 Å². The first-order valence-corrected chi connectivity index (χ1v) is 13.6. The van der Waals surface area contributed by atoms with E-state index in [9.17, 15) is 24.6 Å². The Balaban J connectivity index is 2.02. The number of unbranched alkanes of at least 4 members (excludes halogenated alkanes) is 1. The second-order valence-electron chi connectivity index (χ2n) is 11.2. The largest absolute Gasteiger partial charge is 0.508 e. The third-order valence-corrected chi connectivity index (χ3v) is 6.63. The molecule has 0 aromatic heterocycles. The smallest absolute Gasteiger partial charge is 0.408 e. The first kappa shape index (κ1) is 29.8. The standard InChI is InChI=1S/C30H41N3O6/c1-6-7-16-31-27(36)26(22-10-8-9-11-25(22)35)33(24-17-19(24)2)28(37)23(32-29(38)39-30(3,4)5)18-20-12-14-21(34)15-13-20/h8-15,19,23-24,26,34-35H,6-7,16-18H2,1-5H3,(H,31,36)(H,32,38). The number of aromatic hydroxyl groups is 2. The van der Waals surface area contributed by atoms with E-state index in [-0.39, 0.29) is 29.9 Å². The third-order valence-electron chi connectivity index (χ3n) is 6.63. The first-order chi connectivity index (χ1) is 18.4. The summed E-state index contributed by atoms with van der Waals surface area (Å²) in [5.74, 6) is -0.713. The number of amides is 3. The molecule has 4 N–H and O–H groups in total. The van der Waals surface area contributed by atoms with E-state index in [0.29, 0.717) is 24.1 Å². The molecule has 0 spiro atoms. The van der Waals surface area contributed by atoms with E-state index >= 15 is 0 Å². The number of hydrogen-bond donors (Lipinski definition) is 4. The normalized spacial score (nSPS) is 18.0. The van der Waals surface area contributed by atoms with Crippen molar-refractivity contribution in [3.05, 3.63) is 59.7 Å². The van der Waals surface area contributed by atoms with Gasteiger partial charge in [-0.3, -0.25) is 9.59 Å². The summed E-state index contributed by atoms with van der Waals surface area (Å²) in [7, 11) is 0. The molecular formula is C30H41N3O6. The molecule has 1 aliphatic carbocycles. The van der Waals surface area contributed by atoms with E-state index in [2.05, 4.69) is 10.6 Å². The van der Waals surface area contributed by atoms with Crippen molar-refractivity contribution in [1.29, 1.82) is 0 Å². The van der Waals surface area contributed by atoms with Crippen LogP contribution in [-0.2, 0) is 20.7 Å². The molecule has 3 rings (SSSR count). The van der Waals surface area contributed by atoms with E-state index in [1.165, 1.54) is 23.1 Å². The number of phenolic OH excluding ortho intramolecular Hbond substituents is 2. The number of carbonyl (C=O) groups excluding carboxylic acids is 3. The van der Waals surface area contributed by atoms with Gasteiger partial charge < -0.3 is 30.5 Å². The molecule has 1 saturated carbocycles. The summed E-state index contributed by atoms with van der Waals surface area (Å²) in [5, 5.41) is 26.1. The topological polar surface area (TPSA) is 128 Å². The zero-order chi connectivity index (χ0) is 28.7. The Morgan fingerprint density at radius 2 is 1.72 bits per heavy atom. The van der Waals surface area contributed by atoms with Gasteiger partial charge in [-0.25, -0.2) is 4.79 Å². The molecular weight excluding hydrogens is 498 g/mol. The zero-order valence-electron chi connectivity index (χ0n) is 23.4. The molecule has 2 aromatic rings. The summed E-state index contributed by atoms with van der Waals surface area (Å²) in [6.07, 6.45) is 1.71. The first-order valence-electron chi connectivity index (χ1n) is 13.6. The van der Waals surface area contributed by atoms with Gasteiger partial charge >= 0.3 is 6.09 Å². The summed E-state index contributed by atoms with van der Waals surface area (Å²) >= 11 is 0. The van der Waals surface area contributed by atoms with Crippen LogP contribution in [0, 0.1) is 5.92 Å². The molecule has 0 aliphatic heterocycles. The lowest BCUT2D eigenvalue weighted by molar-refractivity contribution is -0.143. The Kier molecular flexibility index (Phi) is 9.83. The molecule has 39 heavy (non-hydrogen) atoms. The minimum absolute atomic E-state index is 0.0820. The zero-order valence-corrected chi connectivity index (χ0v) is 23.4. The van der Waals surface area contributed by atoms with Gasteiger partial charge in [-0.15, -0.1) is 0 Å². The van der Waals surface area contributed by atoms with Crippen molar-refractivity contribution in [3.8, 4) is 11.5 Å². The van der Waals surface area contributed by atoms with Gasteiger partial charge in [-0.1, -0.05) is 50.6 Å². The SMILES string of the molecule is CCCCNC(=O)C(c1ccccc1O)N(C(=O)C(Cc1ccc(O)cc1)NC(=O)OC(C)(C)C)C1CC1C. The van der Waals surface area contributed by atoms with Crippen molar-refractivity contribution in [3.63, 3.8) is 0 Å². The van der Waals surface area contributed by atoms with E-state index in [0.717, 1.165) is 12.8 Å². The van der Waals surface area contributed by atoms with Crippen LogP contribution in [0.1, 0.15) is 71.0 Å². The summed E-state index contributed by atoms with van der Waals surface area (Å²) < 4.78 is 5.45. The molecule has 0 radical (unpaired) electrons. The van der Waals surface area contributed by atoms with Gasteiger partial charge in [0.05, 0.1) is 0 Å². The maximum Gasteiger partial charge on any atom is 0.408 e. The molecule has 9 nitrogen and oxygen atoms in total. The molecule has 212 valence electrons. The molecule has 0 saturated heterocycles. The average molecular weight is 540 g/mol. The monoisotopic (exact) mass is 539 g/mol. The quantitative estimate of drug-likeness (QED) is 0.313. The Bertz CT molecular complexity index is 1140. The van der Waals surface area contributed by atoms with Crippen molar-refractivity contribution in [2.24, 2.45) is 5.92 Å². The van der Waals surface area contributed by atoms with Crippen molar-refractivity contribution in [1.82, 2.24) is 15.5 Å². The fraction of sp³-hybridized carbons (Fsp3) is 0.500. The van der Waals surface area contributed by atoms with E-state index in [1.54, 1.807) is 51.1 Å². The summed E-state index contributed by atoms with van der Waals surface area (Å²) in [5.41, 5.74) is 0.246. The molecule has 4 atom stereocenters. The summed E-state index contributed by atoms with van der Waals surface area (Å²) in [6.45, 7) is 9.65. The number of ether oxygens (including phenoxy) is 1. The minimum atomic E-state index is -1.09. The molecule has 1 aliphatic rings. The third kappa shape index (κ3) is 8.37. The second-order valence-corrected chi connectivity index (χ2v) is 11.2. The van der Waals surface area contributed by atoms with Crippen molar-refractivity contribution >= 4 is 17.9 Å². The van der Waals surface area contributed by atoms with E-state index < -0.39 is 35.6 Å². The highest BCUT2D eigenvalue weighted by Gasteiger charge is 2.48. The molecule has 9 heteroatoms. The van der Waals surface area contributed by atoms with Crippen LogP contribution < -0.4 is 10.6 Å². The Hall–Kier alpha value is -3.75. The van der Waals surface area contributed by atoms with Crippen molar-refractivity contribution in [2.45, 2.75) is 84.0 Å². The maximum atomic E-state index is 14.3. The number of para-hydroxylation sites is 1. The van der Waals surface area contributed by atoms with Crippen LogP contribution in [0.3, 0.4) is 0 Å². The highest BCUT2D eigenvalue weighted by atomic mass is 16.6. The number of phenols is 2. The summed E-state index contributed by atoms with van der Waals surface area (Å²) in [6, 6.07) is 10.5. The van der Waals surface area contributed by atoms with Crippen LogP contribution in [0.4, 0.5) is 4.79 Å². The van der Waals surface area contributed by atoms with Gasteiger partial charge in [-0.05, 0) is 63.3 Å². The second kappa shape index (κ2) is 12.9. The fourth-order valence-corrected chi connectivity index (χ4v) is 4.49. The average Bonchev–Trinajstić information content (AvgIpc) is 3.58. The number of carbonyl (C=O) groups is 3. The van der Waals surface area contributed by atoms with E-state index in [1.807, 2.05) is 13.8 Å². The van der Waals surface area contributed by atoms with Crippen LogP contribution in [0.2, 0.25) is 0 Å². The van der Waals surface area contributed by atoms with Crippen molar-refractivity contribution < 1.29 is 29.3 Å². The number of nitrogens with one attached hydrogen (secondary N) is 2. The molecule has 2 aromatic carbocycles. The highest BCUT2D eigenvalue weighted by Crippen LogP contribution is 2.42. The molecule has 0 heterocycles. The number of nitrogens with zero attached hydrogens (tertiary/aromatic N) is 1. The van der Waals surface area contributed by atoms with Gasteiger partial charge in [-0.2, -0.15) is 0 Å². The summed E-state index contributed by atoms with van der Waals surface area (Å²) in [4.78, 5) is 42.3. The number of benzene rings is 2. The van der Waals surface area contributed by atoms with Crippen LogP contribution >= 0.6 is 0 Å². The number of rotatable bonds is 11. The van der Waals surface area contributed by atoms with Gasteiger partial charge in [0, 0.05) is 24.6 Å². The minimum Gasteiger partial charge on any atom is -0.508 e. The predicted octanol–water partition coefficient (Wildman–Crippen LogP) is 4.43. The van der Waals surface area contributed by atoms with Gasteiger partial charge in [0.1, 0.15) is 29.2 Å². The van der Waals surface area contributed by atoms with Gasteiger partial charge in [0.2, 0.25) is 11.8 Å². The molecule has 3 amide bonds. The van der Waals surface area contributed by atoms with Crippen LogP contribution in [0.25, 0.3) is 0 Å².